The normalized spacial score (nSPS) is 11.3. The Hall–Kier alpha value is -3.93. The molecule has 32 heavy (non-hydrogen) atoms. The number of fused-ring (bicyclic) bond motifs is 3. The van der Waals surface area contributed by atoms with Crippen LogP contribution in [-0.2, 0) is 11.3 Å². The molecule has 0 saturated heterocycles. The largest absolute Gasteiger partial charge is 0.481 e. The van der Waals surface area contributed by atoms with E-state index in [1.807, 2.05) is 67.6 Å². The van der Waals surface area contributed by atoms with Crippen molar-refractivity contribution in [3.8, 4) is 0 Å². The molecule has 6 heteroatoms. The molecular formula is C26H26N2O4. The highest BCUT2D eigenvalue weighted by Gasteiger charge is 2.16. The Kier molecular flexibility index (Phi) is 6.73. The third kappa shape index (κ3) is 4.39. The van der Waals surface area contributed by atoms with Gasteiger partial charge in [-0.1, -0.05) is 35.5 Å². The third-order valence-corrected chi connectivity index (χ3v) is 5.40. The Morgan fingerprint density at radius 1 is 0.906 bits per heavy atom. The molecule has 3 aromatic carbocycles. The van der Waals surface area contributed by atoms with Gasteiger partial charge in [0.1, 0.15) is 0 Å². The molecular weight excluding hydrogens is 404 g/mol. The van der Waals surface area contributed by atoms with Crippen LogP contribution in [0.1, 0.15) is 47.8 Å². The first-order valence-corrected chi connectivity index (χ1v) is 10.3. The molecule has 0 aliphatic carbocycles. The van der Waals surface area contributed by atoms with Gasteiger partial charge in [0, 0.05) is 46.4 Å². The first kappa shape index (κ1) is 22.7. The lowest BCUT2D eigenvalue weighted by Crippen LogP contribution is -2.03. The number of aromatic nitrogens is 1. The van der Waals surface area contributed by atoms with E-state index in [2.05, 4.69) is 16.6 Å². The molecule has 0 spiro atoms. The fraction of sp³-hybridized carbons (Fsp3) is 0.192. The van der Waals surface area contributed by atoms with E-state index in [1.165, 1.54) is 0 Å². The van der Waals surface area contributed by atoms with E-state index in [0.29, 0.717) is 11.3 Å². The molecule has 0 radical (unpaired) electrons. The van der Waals surface area contributed by atoms with Crippen molar-refractivity contribution in [1.29, 1.82) is 0 Å². The molecule has 0 atom stereocenters. The molecule has 0 saturated carbocycles. The second-order valence-corrected chi connectivity index (χ2v) is 7.56. The van der Waals surface area contributed by atoms with Gasteiger partial charge in [-0.3, -0.25) is 9.59 Å². The lowest BCUT2D eigenvalue weighted by molar-refractivity contribution is -0.134. The van der Waals surface area contributed by atoms with E-state index < -0.39 is 5.97 Å². The summed E-state index contributed by atoms with van der Waals surface area (Å²) in [6.07, 6.45) is 0. The van der Waals surface area contributed by atoms with Crippen LogP contribution in [-0.4, -0.2) is 32.3 Å². The summed E-state index contributed by atoms with van der Waals surface area (Å²) in [5.74, 6) is -0.804. The Labute approximate surface area is 186 Å². The van der Waals surface area contributed by atoms with Crippen molar-refractivity contribution in [3.05, 3.63) is 82.9 Å². The maximum absolute atomic E-state index is 13.1. The number of hydrogen-bond acceptors (Lipinski definition) is 4. The second-order valence-electron chi connectivity index (χ2n) is 7.56. The van der Waals surface area contributed by atoms with Crippen molar-refractivity contribution in [2.24, 2.45) is 5.16 Å². The van der Waals surface area contributed by atoms with Crippen LogP contribution in [0, 0.1) is 6.92 Å². The minimum atomic E-state index is -0.833. The molecule has 0 aliphatic heterocycles. The van der Waals surface area contributed by atoms with Gasteiger partial charge in [-0.15, -0.1) is 0 Å². The zero-order valence-electron chi connectivity index (χ0n) is 18.6. The standard InChI is InChI=1S/C24H22N2O2.C2H4O2/c1-4-26-22-11-9-17(16(3)25-28)13-20(22)21-14-18(10-12-23(21)26)24(27)19-8-6-5-7-15(19)2;1-2(3)4/h5-14,28H,4H2,1-3H3;1H3,(H,3,4). The number of ketones is 1. The zero-order valence-corrected chi connectivity index (χ0v) is 18.6. The molecule has 0 fully saturated rings. The number of oxime groups is 1. The van der Waals surface area contributed by atoms with Crippen LogP contribution in [0.25, 0.3) is 21.8 Å². The number of hydrogen-bond donors (Lipinski definition) is 2. The van der Waals surface area contributed by atoms with Crippen LogP contribution in [0.4, 0.5) is 0 Å². The lowest BCUT2D eigenvalue weighted by Gasteiger charge is -2.06. The van der Waals surface area contributed by atoms with Crippen LogP contribution in [0.15, 0.2) is 65.8 Å². The number of carbonyl (C=O) groups excluding carboxylic acids is 1. The number of aliphatic carboxylic acids is 1. The smallest absolute Gasteiger partial charge is 0.300 e. The van der Waals surface area contributed by atoms with Gasteiger partial charge in [0.25, 0.3) is 5.97 Å². The second kappa shape index (κ2) is 9.47. The average Bonchev–Trinajstić information content (AvgIpc) is 3.10. The molecule has 4 aromatic rings. The number of benzene rings is 3. The highest BCUT2D eigenvalue weighted by atomic mass is 16.4. The van der Waals surface area contributed by atoms with Gasteiger partial charge >= 0.3 is 0 Å². The SMILES string of the molecule is CC(=O)O.CCn1c2ccc(C(=O)c3ccccc3C)cc2c2cc(C(C)=NO)ccc21. The van der Waals surface area contributed by atoms with E-state index in [-0.39, 0.29) is 5.78 Å². The maximum atomic E-state index is 13.1. The van der Waals surface area contributed by atoms with Crippen LogP contribution >= 0.6 is 0 Å². The predicted molar refractivity (Wildman–Crippen MR) is 127 cm³/mol. The average molecular weight is 431 g/mol. The molecule has 1 aromatic heterocycles. The third-order valence-electron chi connectivity index (χ3n) is 5.40. The Bertz CT molecular complexity index is 1340. The molecule has 164 valence electrons. The van der Waals surface area contributed by atoms with Crippen molar-refractivity contribution in [2.75, 3.05) is 0 Å². The summed E-state index contributed by atoms with van der Waals surface area (Å²) in [7, 11) is 0. The molecule has 0 aliphatic rings. The summed E-state index contributed by atoms with van der Waals surface area (Å²) in [6, 6.07) is 19.6. The van der Waals surface area contributed by atoms with Gasteiger partial charge in [0.15, 0.2) is 5.78 Å². The van der Waals surface area contributed by atoms with Gasteiger partial charge in [0.05, 0.1) is 5.71 Å². The monoisotopic (exact) mass is 430 g/mol. The Morgan fingerprint density at radius 3 is 1.97 bits per heavy atom. The van der Waals surface area contributed by atoms with Crippen molar-refractivity contribution in [2.45, 2.75) is 34.2 Å². The first-order valence-electron chi connectivity index (χ1n) is 10.3. The minimum absolute atomic E-state index is 0.0293. The number of carboxylic acids is 1. The Morgan fingerprint density at radius 2 is 1.44 bits per heavy atom. The van der Waals surface area contributed by atoms with Crippen molar-refractivity contribution in [3.63, 3.8) is 0 Å². The summed E-state index contributed by atoms with van der Waals surface area (Å²) in [6.45, 7) is 7.75. The van der Waals surface area contributed by atoms with Crippen LogP contribution < -0.4 is 0 Å². The van der Waals surface area contributed by atoms with E-state index in [1.54, 1.807) is 6.92 Å². The Balaban J connectivity index is 0.000000668. The minimum Gasteiger partial charge on any atom is -0.481 e. The van der Waals surface area contributed by atoms with Crippen LogP contribution in [0.3, 0.4) is 0 Å². The highest BCUT2D eigenvalue weighted by molar-refractivity contribution is 6.16. The number of carbonyl (C=O) groups is 2. The first-order chi connectivity index (χ1) is 15.3. The van der Waals surface area contributed by atoms with Crippen molar-refractivity contribution < 1.29 is 19.9 Å². The molecule has 0 bridgehead atoms. The number of nitrogens with zero attached hydrogens (tertiary/aromatic N) is 2. The van der Waals surface area contributed by atoms with Crippen LogP contribution in [0.2, 0.25) is 0 Å². The molecule has 0 amide bonds. The molecule has 2 N–H and O–H groups in total. The summed E-state index contributed by atoms with van der Waals surface area (Å²) >= 11 is 0. The summed E-state index contributed by atoms with van der Waals surface area (Å²) < 4.78 is 2.24. The summed E-state index contributed by atoms with van der Waals surface area (Å²) in [5.41, 5.74) is 6.00. The predicted octanol–water partition coefficient (Wildman–Crippen LogP) is 5.64. The van der Waals surface area contributed by atoms with Crippen molar-refractivity contribution >= 4 is 39.3 Å². The highest BCUT2D eigenvalue weighted by Crippen LogP contribution is 2.31. The van der Waals surface area contributed by atoms with Gasteiger partial charge in [0.2, 0.25) is 0 Å². The fourth-order valence-electron chi connectivity index (χ4n) is 3.85. The zero-order chi connectivity index (χ0) is 23.4. The van der Waals surface area contributed by atoms with Gasteiger partial charge in [-0.05, 0) is 62.2 Å². The van der Waals surface area contributed by atoms with Gasteiger partial charge in [-0.25, -0.2) is 0 Å². The van der Waals surface area contributed by atoms with E-state index in [0.717, 1.165) is 52.0 Å². The van der Waals surface area contributed by atoms with Gasteiger partial charge < -0.3 is 14.9 Å². The molecule has 6 nitrogen and oxygen atoms in total. The molecule has 0 unspecified atom stereocenters. The number of aryl methyl sites for hydroxylation is 2. The number of carboxylic acid groups (broad SMARTS) is 1. The molecule has 1 heterocycles. The number of rotatable bonds is 4. The topological polar surface area (TPSA) is 91.9 Å². The van der Waals surface area contributed by atoms with E-state index in [4.69, 9.17) is 15.1 Å². The maximum Gasteiger partial charge on any atom is 0.300 e. The molecule has 4 rings (SSSR count). The lowest BCUT2D eigenvalue weighted by atomic mass is 9.97. The van der Waals surface area contributed by atoms with E-state index in [9.17, 15) is 4.79 Å². The quantitative estimate of drug-likeness (QED) is 0.190. The summed E-state index contributed by atoms with van der Waals surface area (Å²) in [5, 5.41) is 22.0. The van der Waals surface area contributed by atoms with E-state index >= 15 is 0 Å². The summed E-state index contributed by atoms with van der Waals surface area (Å²) in [4.78, 5) is 22.1. The van der Waals surface area contributed by atoms with Crippen LogP contribution in [0.5, 0.6) is 0 Å². The van der Waals surface area contributed by atoms with Crippen molar-refractivity contribution in [1.82, 2.24) is 4.57 Å². The van der Waals surface area contributed by atoms with Gasteiger partial charge in [-0.2, -0.15) is 0 Å². The fourth-order valence-corrected chi connectivity index (χ4v) is 3.85.